The molecule has 8 heavy (non-hydrogen) atoms. The lowest BCUT2D eigenvalue weighted by Gasteiger charge is -1.97. The topological polar surface area (TPSA) is 12.0 Å². The van der Waals surface area contributed by atoms with E-state index in [1.807, 2.05) is 0 Å². The monoisotopic (exact) mass is 243 g/mol. The molecule has 0 aliphatic carbocycles. The third kappa shape index (κ3) is 2.46. The standard InChI is InChI=1S/C5H10BrN.BrH/c6-3-5-1-2-7-4-5;/h5,7H,1-4H2;1H/t5-;/m1./s1. The van der Waals surface area contributed by atoms with Crippen molar-refractivity contribution >= 4 is 32.9 Å². The van der Waals surface area contributed by atoms with Gasteiger partial charge in [-0.25, -0.2) is 0 Å². The van der Waals surface area contributed by atoms with E-state index in [2.05, 4.69) is 21.2 Å². The Morgan fingerprint density at radius 2 is 2.38 bits per heavy atom. The summed E-state index contributed by atoms with van der Waals surface area (Å²) in [5.41, 5.74) is 0. The van der Waals surface area contributed by atoms with Crippen molar-refractivity contribution in [1.29, 1.82) is 0 Å². The maximum absolute atomic E-state index is 3.44. The molecule has 1 aliphatic heterocycles. The number of alkyl halides is 1. The number of halogens is 2. The van der Waals surface area contributed by atoms with Gasteiger partial charge in [0.1, 0.15) is 0 Å². The smallest absolute Gasteiger partial charge is 0.00722 e. The van der Waals surface area contributed by atoms with Crippen LogP contribution in [0.2, 0.25) is 0 Å². The molecule has 3 heteroatoms. The average molecular weight is 245 g/mol. The lowest BCUT2D eigenvalue weighted by Crippen LogP contribution is -2.09. The number of hydrogen-bond acceptors (Lipinski definition) is 1. The highest BCUT2D eigenvalue weighted by molar-refractivity contribution is 9.09. The quantitative estimate of drug-likeness (QED) is 0.691. The molecule has 0 spiro atoms. The fourth-order valence-electron chi connectivity index (χ4n) is 0.846. The molecule has 0 aromatic heterocycles. The van der Waals surface area contributed by atoms with Crippen LogP contribution in [0.15, 0.2) is 0 Å². The van der Waals surface area contributed by atoms with Crippen molar-refractivity contribution in [2.45, 2.75) is 6.42 Å². The first-order valence-electron chi connectivity index (χ1n) is 2.70. The van der Waals surface area contributed by atoms with Crippen LogP contribution in [-0.2, 0) is 0 Å². The van der Waals surface area contributed by atoms with Crippen LogP contribution in [-0.4, -0.2) is 18.4 Å². The third-order valence-electron chi connectivity index (χ3n) is 1.38. The van der Waals surface area contributed by atoms with Gasteiger partial charge in [-0.2, -0.15) is 0 Å². The van der Waals surface area contributed by atoms with Gasteiger partial charge in [-0.3, -0.25) is 0 Å². The Morgan fingerprint density at radius 3 is 2.62 bits per heavy atom. The average Bonchev–Trinajstić information content (AvgIpc) is 2.14. The van der Waals surface area contributed by atoms with E-state index in [0.29, 0.717) is 0 Å². The van der Waals surface area contributed by atoms with Crippen molar-refractivity contribution in [2.24, 2.45) is 5.92 Å². The molecule has 1 saturated heterocycles. The Hall–Kier alpha value is 0.920. The minimum Gasteiger partial charge on any atom is -0.316 e. The van der Waals surface area contributed by atoms with Gasteiger partial charge < -0.3 is 5.32 Å². The molecule has 1 N–H and O–H groups in total. The summed E-state index contributed by atoms with van der Waals surface area (Å²) in [6, 6.07) is 0. The van der Waals surface area contributed by atoms with E-state index in [-0.39, 0.29) is 17.0 Å². The molecule has 1 atom stereocenters. The highest BCUT2D eigenvalue weighted by Crippen LogP contribution is 2.08. The summed E-state index contributed by atoms with van der Waals surface area (Å²) in [5.74, 6) is 0.903. The molecule has 1 heterocycles. The van der Waals surface area contributed by atoms with E-state index < -0.39 is 0 Å². The van der Waals surface area contributed by atoms with Crippen LogP contribution in [0.3, 0.4) is 0 Å². The predicted octanol–water partition coefficient (Wildman–Crippen LogP) is 1.57. The Kier molecular flexibility index (Phi) is 5.31. The first-order valence-corrected chi connectivity index (χ1v) is 3.82. The second-order valence-electron chi connectivity index (χ2n) is 2.01. The maximum atomic E-state index is 3.44. The third-order valence-corrected chi connectivity index (χ3v) is 2.30. The first kappa shape index (κ1) is 8.92. The van der Waals surface area contributed by atoms with Crippen molar-refractivity contribution in [3.8, 4) is 0 Å². The van der Waals surface area contributed by atoms with Crippen LogP contribution < -0.4 is 5.32 Å². The van der Waals surface area contributed by atoms with Crippen molar-refractivity contribution in [3.05, 3.63) is 0 Å². The Morgan fingerprint density at radius 1 is 1.62 bits per heavy atom. The van der Waals surface area contributed by atoms with E-state index in [4.69, 9.17) is 0 Å². The van der Waals surface area contributed by atoms with Gasteiger partial charge >= 0.3 is 0 Å². The summed E-state index contributed by atoms with van der Waals surface area (Å²) in [6.07, 6.45) is 1.35. The molecule has 0 unspecified atom stereocenters. The molecule has 1 aliphatic rings. The van der Waals surface area contributed by atoms with Crippen molar-refractivity contribution in [2.75, 3.05) is 18.4 Å². The predicted molar refractivity (Wildman–Crippen MR) is 45.1 cm³/mol. The fraction of sp³-hybridized carbons (Fsp3) is 1.00. The zero-order valence-electron chi connectivity index (χ0n) is 4.69. The lowest BCUT2D eigenvalue weighted by atomic mass is 10.2. The zero-order valence-corrected chi connectivity index (χ0v) is 7.99. The number of rotatable bonds is 1. The number of nitrogens with one attached hydrogen (secondary N) is 1. The van der Waals surface area contributed by atoms with Gasteiger partial charge in [0.25, 0.3) is 0 Å². The van der Waals surface area contributed by atoms with E-state index in [0.717, 1.165) is 5.92 Å². The van der Waals surface area contributed by atoms with Crippen LogP contribution in [0.25, 0.3) is 0 Å². The lowest BCUT2D eigenvalue weighted by molar-refractivity contribution is 0.667. The van der Waals surface area contributed by atoms with E-state index in [1.165, 1.54) is 24.8 Å². The summed E-state index contributed by atoms with van der Waals surface area (Å²) >= 11 is 3.44. The molecule has 0 radical (unpaired) electrons. The van der Waals surface area contributed by atoms with Crippen molar-refractivity contribution in [1.82, 2.24) is 5.32 Å². The van der Waals surface area contributed by atoms with Crippen molar-refractivity contribution < 1.29 is 0 Å². The van der Waals surface area contributed by atoms with E-state index in [9.17, 15) is 0 Å². The normalized spacial score (nSPS) is 27.4. The summed E-state index contributed by atoms with van der Waals surface area (Å²) in [4.78, 5) is 0. The largest absolute Gasteiger partial charge is 0.316 e. The van der Waals surface area contributed by atoms with Crippen LogP contribution in [0, 0.1) is 5.92 Å². The van der Waals surface area contributed by atoms with Gasteiger partial charge in [-0.05, 0) is 25.4 Å². The van der Waals surface area contributed by atoms with Gasteiger partial charge in [-0.15, -0.1) is 17.0 Å². The summed E-state index contributed by atoms with van der Waals surface area (Å²) in [7, 11) is 0. The Balaban J connectivity index is 0.000000490. The molecule has 0 bridgehead atoms. The second-order valence-corrected chi connectivity index (χ2v) is 2.66. The molecule has 0 saturated carbocycles. The molecular weight excluding hydrogens is 234 g/mol. The molecule has 1 fully saturated rings. The number of hydrogen-bond donors (Lipinski definition) is 1. The summed E-state index contributed by atoms with van der Waals surface area (Å²) in [5, 5.41) is 4.46. The Bertz CT molecular complexity index is 52.4. The SMILES string of the molecule is Br.BrC[C@H]1CCNC1. The maximum Gasteiger partial charge on any atom is 0.00722 e. The second kappa shape index (κ2) is 4.77. The van der Waals surface area contributed by atoms with Crippen LogP contribution in [0.1, 0.15) is 6.42 Å². The van der Waals surface area contributed by atoms with Crippen molar-refractivity contribution in [3.63, 3.8) is 0 Å². The van der Waals surface area contributed by atoms with Gasteiger partial charge in [0.15, 0.2) is 0 Å². The molecule has 0 aromatic rings. The van der Waals surface area contributed by atoms with Crippen LogP contribution >= 0.6 is 32.9 Å². The summed E-state index contributed by atoms with van der Waals surface area (Å²) < 4.78 is 0. The zero-order chi connectivity index (χ0) is 5.11. The molecule has 50 valence electrons. The van der Waals surface area contributed by atoms with E-state index in [1.54, 1.807) is 0 Å². The Labute approximate surface area is 69.1 Å². The highest BCUT2D eigenvalue weighted by atomic mass is 79.9. The van der Waals surface area contributed by atoms with Crippen LogP contribution in [0.4, 0.5) is 0 Å². The van der Waals surface area contributed by atoms with E-state index >= 15 is 0 Å². The molecule has 0 amide bonds. The van der Waals surface area contributed by atoms with Gasteiger partial charge in [0.2, 0.25) is 0 Å². The molecule has 1 nitrogen and oxygen atoms in total. The minimum absolute atomic E-state index is 0. The van der Waals surface area contributed by atoms with Gasteiger partial charge in [0.05, 0.1) is 0 Å². The molecular formula is C5H11Br2N. The molecule has 1 rings (SSSR count). The fourth-order valence-corrected chi connectivity index (χ4v) is 1.40. The summed E-state index contributed by atoms with van der Waals surface area (Å²) in [6.45, 7) is 2.43. The van der Waals surface area contributed by atoms with Crippen LogP contribution in [0.5, 0.6) is 0 Å². The first-order chi connectivity index (χ1) is 3.43. The molecule has 0 aromatic carbocycles. The van der Waals surface area contributed by atoms with Gasteiger partial charge in [-0.1, -0.05) is 15.9 Å². The minimum atomic E-state index is 0. The van der Waals surface area contributed by atoms with Gasteiger partial charge in [0, 0.05) is 5.33 Å². The highest BCUT2D eigenvalue weighted by Gasteiger charge is 2.11.